The van der Waals surface area contributed by atoms with Crippen molar-refractivity contribution in [1.29, 1.82) is 0 Å². The summed E-state index contributed by atoms with van der Waals surface area (Å²) in [6.07, 6.45) is 7.93. The van der Waals surface area contributed by atoms with Crippen molar-refractivity contribution in [3.05, 3.63) is 23.9 Å². The molecule has 0 aromatic carbocycles. The van der Waals surface area contributed by atoms with Gasteiger partial charge in [-0.05, 0) is 18.8 Å². The Labute approximate surface area is 84.8 Å². The Balaban J connectivity index is 4.09. The molecular formula is C12H24Si. The van der Waals surface area contributed by atoms with Crippen LogP contribution in [0, 0.1) is 5.41 Å². The summed E-state index contributed by atoms with van der Waals surface area (Å²) in [7, 11) is -0.985. The van der Waals surface area contributed by atoms with Crippen LogP contribution in [0.15, 0.2) is 23.9 Å². The monoisotopic (exact) mass is 196 g/mol. The first-order valence-corrected chi connectivity index (χ1v) is 8.66. The lowest BCUT2D eigenvalue weighted by atomic mass is 9.89. The molecule has 0 rings (SSSR count). The largest absolute Gasteiger partial charge is 0.0989 e. The van der Waals surface area contributed by atoms with Crippen molar-refractivity contribution in [3.63, 3.8) is 0 Å². The Morgan fingerprint density at radius 2 is 1.69 bits per heavy atom. The fourth-order valence-corrected chi connectivity index (χ4v) is 2.06. The lowest BCUT2D eigenvalue weighted by Gasteiger charge is -2.18. The third-order valence-corrected chi connectivity index (χ3v) is 3.12. The van der Waals surface area contributed by atoms with Gasteiger partial charge in [-0.15, -0.1) is 0 Å². The highest BCUT2D eigenvalue weighted by Crippen LogP contribution is 2.23. The summed E-state index contributed by atoms with van der Waals surface area (Å²) < 4.78 is 0. The molecule has 0 aromatic heterocycles. The van der Waals surface area contributed by atoms with Crippen LogP contribution in [0.3, 0.4) is 0 Å². The van der Waals surface area contributed by atoms with Crippen LogP contribution in [0.5, 0.6) is 0 Å². The molecule has 0 radical (unpaired) electrons. The number of hydrogen-bond donors (Lipinski definition) is 0. The Hall–Kier alpha value is -0.303. The van der Waals surface area contributed by atoms with Crippen molar-refractivity contribution in [2.45, 2.75) is 46.8 Å². The van der Waals surface area contributed by atoms with E-state index in [1.165, 1.54) is 0 Å². The average molecular weight is 196 g/mol. The summed E-state index contributed by atoms with van der Waals surface area (Å²) in [4.78, 5) is 0. The van der Waals surface area contributed by atoms with E-state index in [0.717, 1.165) is 6.42 Å². The normalized spacial score (nSPS) is 14.6. The van der Waals surface area contributed by atoms with E-state index in [-0.39, 0.29) is 0 Å². The standard InChI is InChI=1S/C12H24Si/c1-7-9-12(2,3)10-8-11-13(4,5)6/h7-9,11H,10H2,1-6H3/b9-7?,11-8+. The van der Waals surface area contributed by atoms with Crippen LogP contribution in [0.1, 0.15) is 27.2 Å². The molecule has 0 nitrogen and oxygen atoms in total. The van der Waals surface area contributed by atoms with Crippen LogP contribution in [0.2, 0.25) is 19.6 Å². The van der Waals surface area contributed by atoms with Crippen LogP contribution >= 0.6 is 0 Å². The van der Waals surface area contributed by atoms with Gasteiger partial charge in [0.25, 0.3) is 0 Å². The molecule has 1 heteroatoms. The van der Waals surface area contributed by atoms with Crippen molar-refractivity contribution in [3.8, 4) is 0 Å². The summed E-state index contributed by atoms with van der Waals surface area (Å²) in [6.45, 7) is 13.7. The van der Waals surface area contributed by atoms with Crippen molar-refractivity contribution in [2.24, 2.45) is 5.41 Å². The third kappa shape index (κ3) is 8.04. The predicted molar refractivity (Wildman–Crippen MR) is 65.7 cm³/mol. The summed E-state index contributed by atoms with van der Waals surface area (Å²) in [5.74, 6) is 0. The van der Waals surface area contributed by atoms with Crippen molar-refractivity contribution in [2.75, 3.05) is 0 Å². The molecule has 0 saturated heterocycles. The zero-order chi connectivity index (χ0) is 10.5. The van der Waals surface area contributed by atoms with Gasteiger partial charge in [0.1, 0.15) is 0 Å². The molecule has 0 bridgehead atoms. The van der Waals surface area contributed by atoms with Gasteiger partial charge < -0.3 is 0 Å². The molecule has 0 fully saturated rings. The van der Waals surface area contributed by atoms with Gasteiger partial charge >= 0.3 is 0 Å². The van der Waals surface area contributed by atoms with Gasteiger partial charge in [-0.25, -0.2) is 0 Å². The SMILES string of the molecule is CC=CC(C)(C)C/C=C/[Si](C)(C)C. The van der Waals surface area contributed by atoms with E-state index in [9.17, 15) is 0 Å². The smallest absolute Gasteiger partial charge is 0.0682 e. The highest BCUT2D eigenvalue weighted by molar-refractivity contribution is 6.80. The maximum Gasteiger partial charge on any atom is 0.0682 e. The maximum atomic E-state index is 2.43. The second-order valence-electron chi connectivity index (χ2n) is 5.46. The minimum atomic E-state index is -0.985. The number of allylic oxidation sites excluding steroid dienone is 3. The molecule has 13 heavy (non-hydrogen) atoms. The van der Waals surface area contributed by atoms with E-state index in [4.69, 9.17) is 0 Å². The van der Waals surface area contributed by atoms with Gasteiger partial charge in [0.15, 0.2) is 0 Å². The van der Waals surface area contributed by atoms with E-state index in [1.807, 2.05) is 0 Å². The van der Waals surface area contributed by atoms with Crippen LogP contribution in [0.4, 0.5) is 0 Å². The van der Waals surface area contributed by atoms with Gasteiger partial charge in [-0.3, -0.25) is 0 Å². The molecule has 0 atom stereocenters. The Bertz CT molecular complexity index is 192. The van der Waals surface area contributed by atoms with E-state index >= 15 is 0 Å². The number of rotatable bonds is 4. The van der Waals surface area contributed by atoms with Crippen molar-refractivity contribution >= 4 is 8.07 Å². The van der Waals surface area contributed by atoms with E-state index < -0.39 is 8.07 Å². The van der Waals surface area contributed by atoms with Gasteiger partial charge in [-0.1, -0.05) is 57.4 Å². The van der Waals surface area contributed by atoms with Gasteiger partial charge in [0.05, 0.1) is 8.07 Å². The molecule has 76 valence electrons. The third-order valence-electron chi connectivity index (χ3n) is 1.88. The lowest BCUT2D eigenvalue weighted by molar-refractivity contribution is 0.488. The highest BCUT2D eigenvalue weighted by atomic mass is 28.3. The molecule has 0 aliphatic carbocycles. The quantitative estimate of drug-likeness (QED) is 0.461. The topological polar surface area (TPSA) is 0 Å². The molecule has 0 unspecified atom stereocenters. The molecule has 0 heterocycles. The maximum absolute atomic E-state index is 2.43. The van der Waals surface area contributed by atoms with Crippen LogP contribution < -0.4 is 0 Å². The summed E-state index contributed by atoms with van der Waals surface area (Å²) in [5.41, 5.74) is 2.75. The zero-order valence-corrected chi connectivity index (χ0v) is 11.0. The zero-order valence-electron chi connectivity index (χ0n) is 10.0. The second kappa shape index (κ2) is 4.80. The highest BCUT2D eigenvalue weighted by Gasteiger charge is 2.12. The van der Waals surface area contributed by atoms with Gasteiger partial charge in [-0.2, -0.15) is 0 Å². The molecule has 0 aliphatic heterocycles. The minimum Gasteiger partial charge on any atom is -0.0989 e. The predicted octanol–water partition coefficient (Wildman–Crippen LogP) is 4.41. The average Bonchev–Trinajstić information content (AvgIpc) is 1.82. The Morgan fingerprint density at radius 3 is 2.08 bits per heavy atom. The van der Waals surface area contributed by atoms with E-state index in [0.29, 0.717) is 5.41 Å². The number of hydrogen-bond acceptors (Lipinski definition) is 0. The molecule has 0 aromatic rings. The molecular weight excluding hydrogens is 172 g/mol. The minimum absolute atomic E-state index is 0.324. The first kappa shape index (κ1) is 12.7. The molecule has 0 saturated carbocycles. The van der Waals surface area contributed by atoms with Crippen LogP contribution in [-0.4, -0.2) is 8.07 Å². The first-order chi connectivity index (χ1) is 5.77. The Morgan fingerprint density at radius 1 is 1.15 bits per heavy atom. The summed E-state index contributed by atoms with van der Waals surface area (Å²) >= 11 is 0. The molecule has 0 spiro atoms. The fourth-order valence-electron chi connectivity index (χ4n) is 1.24. The van der Waals surface area contributed by atoms with Crippen LogP contribution in [-0.2, 0) is 0 Å². The second-order valence-corrected chi connectivity index (χ2v) is 10.5. The molecule has 0 aliphatic rings. The Kier molecular flexibility index (Phi) is 4.69. The van der Waals surface area contributed by atoms with Crippen LogP contribution in [0.25, 0.3) is 0 Å². The first-order valence-electron chi connectivity index (χ1n) is 5.08. The van der Waals surface area contributed by atoms with Crippen molar-refractivity contribution < 1.29 is 0 Å². The fraction of sp³-hybridized carbons (Fsp3) is 0.667. The summed E-state index contributed by atoms with van der Waals surface area (Å²) in [6, 6.07) is 0. The van der Waals surface area contributed by atoms with Crippen molar-refractivity contribution in [1.82, 2.24) is 0 Å². The molecule has 0 amide bonds. The van der Waals surface area contributed by atoms with E-state index in [2.05, 4.69) is 64.3 Å². The lowest BCUT2D eigenvalue weighted by Crippen LogP contribution is -2.16. The molecule has 0 N–H and O–H groups in total. The van der Waals surface area contributed by atoms with E-state index in [1.54, 1.807) is 0 Å². The summed E-state index contributed by atoms with van der Waals surface area (Å²) in [5, 5.41) is 0. The van der Waals surface area contributed by atoms with Gasteiger partial charge in [0, 0.05) is 0 Å². The van der Waals surface area contributed by atoms with Gasteiger partial charge in [0.2, 0.25) is 0 Å².